The molecule has 0 radical (unpaired) electrons. The molecule has 0 aliphatic carbocycles. The van der Waals surface area contributed by atoms with Gasteiger partial charge in [-0.1, -0.05) is 82.0 Å². The van der Waals surface area contributed by atoms with Crippen molar-refractivity contribution >= 4 is 13.8 Å². The Morgan fingerprint density at radius 3 is 1.83 bits per heavy atom. The van der Waals surface area contributed by atoms with Crippen LogP contribution in [0.15, 0.2) is 54.4 Å². The van der Waals surface area contributed by atoms with E-state index in [1.165, 1.54) is 16.7 Å². The van der Waals surface area contributed by atoms with Crippen molar-refractivity contribution in [1.82, 2.24) is 15.3 Å². The lowest BCUT2D eigenvalue weighted by atomic mass is 9.77. The number of hydrogen-bond donors (Lipinski definition) is 1. The van der Waals surface area contributed by atoms with Gasteiger partial charge >= 0.3 is 0 Å². The summed E-state index contributed by atoms with van der Waals surface area (Å²) in [7, 11) is -1.52. The average Bonchev–Trinajstić information content (AvgIpc) is 2.70. The monoisotopic (exact) mass is 489 g/mol. The number of rotatable bonds is 4. The van der Waals surface area contributed by atoms with Crippen LogP contribution in [0.5, 0.6) is 0 Å². The Labute approximate surface area is 215 Å². The highest BCUT2D eigenvalue weighted by Gasteiger charge is 2.41. The van der Waals surface area contributed by atoms with Crippen LogP contribution in [-0.2, 0) is 16.4 Å². The van der Waals surface area contributed by atoms with Gasteiger partial charge in [-0.3, -0.25) is 9.97 Å². The molecule has 0 bridgehead atoms. The van der Waals surface area contributed by atoms with Crippen LogP contribution in [0.25, 0.3) is 5.70 Å². The molecule has 3 nitrogen and oxygen atoms in total. The minimum atomic E-state index is -1.52. The van der Waals surface area contributed by atoms with E-state index in [2.05, 4.69) is 124 Å². The Kier molecular flexibility index (Phi) is 7.06. The van der Waals surface area contributed by atoms with Crippen molar-refractivity contribution in [3.63, 3.8) is 0 Å². The number of pyridine rings is 2. The fraction of sp³-hybridized carbons (Fsp3) is 0.548. The Morgan fingerprint density at radius 2 is 1.31 bits per heavy atom. The predicted molar refractivity (Wildman–Crippen MR) is 154 cm³/mol. The molecule has 4 heteroatoms. The summed E-state index contributed by atoms with van der Waals surface area (Å²) in [5.41, 5.74) is 6.87. The van der Waals surface area contributed by atoms with Gasteiger partial charge in [-0.25, -0.2) is 0 Å². The highest BCUT2D eigenvalue weighted by molar-refractivity contribution is 6.76. The first kappa shape index (κ1) is 27.4. The Morgan fingerprint density at radius 1 is 0.771 bits per heavy atom. The second-order valence-corrected chi connectivity index (χ2v) is 20.1. The summed E-state index contributed by atoms with van der Waals surface area (Å²) in [6.45, 7) is 27.8. The van der Waals surface area contributed by atoms with E-state index in [9.17, 15) is 0 Å². The van der Waals surface area contributed by atoms with E-state index in [4.69, 9.17) is 9.97 Å². The molecule has 3 heterocycles. The van der Waals surface area contributed by atoms with Gasteiger partial charge in [0.2, 0.25) is 0 Å². The molecule has 0 saturated carbocycles. The molecule has 0 fully saturated rings. The van der Waals surface area contributed by atoms with Gasteiger partial charge in [0.05, 0.1) is 22.6 Å². The summed E-state index contributed by atoms with van der Waals surface area (Å²) < 4.78 is 0. The summed E-state index contributed by atoms with van der Waals surface area (Å²) in [4.78, 5) is 9.84. The van der Waals surface area contributed by atoms with Crippen LogP contribution < -0.4 is 5.32 Å². The Hall–Kier alpha value is -2.20. The number of nitrogens with zero attached hydrogens (tertiary/aromatic N) is 2. The molecule has 3 rings (SSSR count). The summed E-state index contributed by atoms with van der Waals surface area (Å²) in [6.07, 6.45) is 8.72. The normalized spacial score (nSPS) is 19.7. The van der Waals surface area contributed by atoms with Gasteiger partial charge in [0.1, 0.15) is 0 Å². The highest BCUT2D eigenvalue weighted by Crippen LogP contribution is 2.43. The van der Waals surface area contributed by atoms with Gasteiger partial charge < -0.3 is 5.32 Å². The van der Waals surface area contributed by atoms with Crippen LogP contribution in [0.1, 0.15) is 84.8 Å². The van der Waals surface area contributed by atoms with Crippen LogP contribution in [0.3, 0.4) is 0 Å². The fourth-order valence-electron chi connectivity index (χ4n) is 4.69. The maximum atomic E-state index is 5.00. The molecular weight excluding hydrogens is 442 g/mol. The number of hydrogen-bond acceptors (Lipinski definition) is 3. The first-order valence-electron chi connectivity index (χ1n) is 13.0. The van der Waals surface area contributed by atoms with Crippen molar-refractivity contribution in [2.45, 2.75) is 104 Å². The topological polar surface area (TPSA) is 37.8 Å². The predicted octanol–water partition coefficient (Wildman–Crippen LogP) is 8.22. The number of nitrogens with one attached hydrogen (secondary N) is 1. The molecule has 1 aliphatic heterocycles. The quantitative estimate of drug-likeness (QED) is 0.440. The number of allylic oxidation sites excluding steroid dienone is 2. The molecule has 2 aromatic heterocycles. The Balaban J connectivity index is 2.27. The SMILES string of the molecule is CC(C)(C)C1=CC(C[Si](C)(C)C)(c2cc(C(C)(C)C)ccn2)NC(c2cc(C(C)(C)C)ccn2)=C1. The Bertz CT molecular complexity index is 1130. The van der Waals surface area contributed by atoms with Crippen LogP contribution in [0.2, 0.25) is 25.7 Å². The van der Waals surface area contributed by atoms with E-state index in [1.54, 1.807) is 0 Å². The third-order valence-corrected chi connectivity index (χ3v) is 8.34. The van der Waals surface area contributed by atoms with Gasteiger partial charge in [-0.2, -0.15) is 0 Å². The second-order valence-electron chi connectivity index (χ2n) is 14.6. The number of aromatic nitrogens is 2. The lowest BCUT2D eigenvalue weighted by Crippen LogP contribution is -2.48. The van der Waals surface area contributed by atoms with Crippen LogP contribution in [0, 0.1) is 5.41 Å². The molecule has 0 saturated heterocycles. The second kappa shape index (κ2) is 9.03. The van der Waals surface area contributed by atoms with Crippen LogP contribution in [-0.4, -0.2) is 18.0 Å². The largest absolute Gasteiger partial charge is 0.369 e. The van der Waals surface area contributed by atoms with Crippen molar-refractivity contribution < 1.29 is 0 Å². The molecule has 0 aromatic carbocycles. The van der Waals surface area contributed by atoms with Gasteiger partial charge in [-0.05, 0) is 75.4 Å². The smallest absolute Gasteiger partial charge is 0.0964 e. The van der Waals surface area contributed by atoms with Crippen LogP contribution in [0.4, 0.5) is 0 Å². The zero-order chi connectivity index (χ0) is 26.4. The minimum absolute atomic E-state index is 0.00130. The van der Waals surface area contributed by atoms with Gasteiger partial charge in [0, 0.05) is 20.5 Å². The zero-order valence-electron chi connectivity index (χ0n) is 24.2. The van der Waals surface area contributed by atoms with E-state index >= 15 is 0 Å². The van der Waals surface area contributed by atoms with Gasteiger partial charge in [0.15, 0.2) is 0 Å². The third kappa shape index (κ3) is 6.52. The molecule has 35 heavy (non-hydrogen) atoms. The maximum absolute atomic E-state index is 5.00. The van der Waals surface area contributed by atoms with E-state index in [0.29, 0.717) is 0 Å². The summed E-state index contributed by atoms with van der Waals surface area (Å²) in [5.74, 6) is 0. The maximum Gasteiger partial charge on any atom is 0.0964 e. The van der Waals surface area contributed by atoms with Gasteiger partial charge in [0.25, 0.3) is 0 Å². The molecule has 0 amide bonds. The molecule has 1 N–H and O–H groups in total. The molecule has 190 valence electrons. The van der Waals surface area contributed by atoms with Gasteiger partial charge in [-0.15, -0.1) is 0 Å². The van der Waals surface area contributed by atoms with Crippen molar-refractivity contribution in [3.05, 3.63) is 76.9 Å². The lowest BCUT2D eigenvalue weighted by molar-refractivity contribution is 0.460. The van der Waals surface area contributed by atoms with Crippen molar-refractivity contribution in [2.75, 3.05) is 0 Å². The van der Waals surface area contributed by atoms with Crippen LogP contribution >= 0.6 is 0 Å². The molecule has 1 unspecified atom stereocenters. The molecule has 0 spiro atoms. The highest BCUT2D eigenvalue weighted by atomic mass is 28.3. The van der Waals surface area contributed by atoms with E-state index in [0.717, 1.165) is 23.1 Å². The van der Waals surface area contributed by atoms with Crippen molar-refractivity contribution in [3.8, 4) is 0 Å². The number of dihydropyridines is 1. The van der Waals surface area contributed by atoms with E-state index in [-0.39, 0.29) is 21.8 Å². The first-order valence-corrected chi connectivity index (χ1v) is 16.7. The molecule has 1 aliphatic rings. The van der Waals surface area contributed by atoms with E-state index < -0.39 is 8.07 Å². The lowest BCUT2D eigenvalue weighted by Gasteiger charge is -2.42. The van der Waals surface area contributed by atoms with E-state index in [1.807, 2.05) is 12.4 Å². The molecular formula is C31H47N3Si. The molecule has 1 atom stereocenters. The first-order chi connectivity index (χ1) is 15.8. The minimum Gasteiger partial charge on any atom is -0.369 e. The van der Waals surface area contributed by atoms with Crippen molar-refractivity contribution in [2.24, 2.45) is 5.41 Å². The molecule has 2 aromatic rings. The summed E-state index contributed by atoms with van der Waals surface area (Å²) >= 11 is 0. The summed E-state index contributed by atoms with van der Waals surface area (Å²) in [6, 6.07) is 9.93. The third-order valence-electron chi connectivity index (χ3n) is 6.72. The summed E-state index contributed by atoms with van der Waals surface area (Å²) in [5, 5.41) is 4.01. The standard InChI is InChI=1S/C31H47N3Si/c1-28(2,3)22-13-15-32-25(17-22)26-18-24(30(7,8)9)20-31(34-26,21-35(10,11)12)27-19-23(14-16-33-27)29(4,5)6/h13-20,34H,21H2,1-12H3. The van der Waals surface area contributed by atoms with Crippen molar-refractivity contribution in [1.29, 1.82) is 0 Å². The zero-order valence-corrected chi connectivity index (χ0v) is 25.2. The fourth-order valence-corrected chi connectivity index (χ4v) is 6.74. The average molecular weight is 490 g/mol.